The fourth-order valence-electron chi connectivity index (χ4n) is 4.15. The molecule has 6 rings (SSSR count). The number of pyridine rings is 1. The summed E-state index contributed by atoms with van der Waals surface area (Å²) in [6, 6.07) is 16.5. The van der Waals surface area contributed by atoms with E-state index in [1.54, 1.807) is 6.07 Å². The predicted molar refractivity (Wildman–Crippen MR) is 138 cm³/mol. The van der Waals surface area contributed by atoms with E-state index in [2.05, 4.69) is 26.7 Å². The second-order valence-corrected chi connectivity index (χ2v) is 9.89. The van der Waals surface area contributed by atoms with Crippen LogP contribution in [0.25, 0.3) is 32.2 Å². The van der Waals surface area contributed by atoms with Crippen LogP contribution in [0.15, 0.2) is 67.0 Å². The van der Waals surface area contributed by atoms with Crippen molar-refractivity contribution in [3.05, 3.63) is 77.4 Å². The van der Waals surface area contributed by atoms with E-state index in [-0.39, 0.29) is 23.1 Å². The molecular formula is C27H22N4O3S. The number of phenols is 1. The zero-order valence-corrected chi connectivity index (χ0v) is 19.5. The van der Waals surface area contributed by atoms with Gasteiger partial charge < -0.3 is 20.7 Å². The second kappa shape index (κ2) is 8.56. The Morgan fingerprint density at radius 2 is 1.97 bits per heavy atom. The number of hydrogen-bond donors (Lipinski definition) is 4. The molecule has 1 aliphatic carbocycles. The number of rotatable bonds is 6. The normalized spacial score (nSPS) is 13.3. The Hall–Kier alpha value is -4.17. The largest absolute Gasteiger partial charge is 0.507 e. The van der Waals surface area contributed by atoms with Crippen LogP contribution in [0.4, 0.5) is 5.69 Å². The van der Waals surface area contributed by atoms with Crippen LogP contribution in [0.3, 0.4) is 0 Å². The molecule has 7 nitrogen and oxygen atoms in total. The Morgan fingerprint density at radius 3 is 2.83 bits per heavy atom. The lowest BCUT2D eigenvalue weighted by Crippen LogP contribution is -2.25. The molecule has 35 heavy (non-hydrogen) atoms. The lowest BCUT2D eigenvalue weighted by atomic mass is 10.0. The number of amides is 2. The van der Waals surface area contributed by atoms with Crippen molar-refractivity contribution in [3.63, 3.8) is 0 Å². The monoisotopic (exact) mass is 482 g/mol. The van der Waals surface area contributed by atoms with Gasteiger partial charge in [0.1, 0.15) is 11.4 Å². The smallest absolute Gasteiger partial charge is 0.265 e. The summed E-state index contributed by atoms with van der Waals surface area (Å²) >= 11 is 1.40. The van der Waals surface area contributed by atoms with Gasteiger partial charge in [-0.25, -0.2) is 4.98 Å². The van der Waals surface area contributed by atoms with Gasteiger partial charge in [-0.1, -0.05) is 12.1 Å². The molecule has 0 spiro atoms. The number of thiophene rings is 1. The summed E-state index contributed by atoms with van der Waals surface area (Å²) in [6.07, 6.45) is 5.94. The van der Waals surface area contributed by atoms with Gasteiger partial charge in [-0.2, -0.15) is 0 Å². The van der Waals surface area contributed by atoms with Gasteiger partial charge in [0.05, 0.1) is 10.4 Å². The Balaban J connectivity index is 1.26. The van der Waals surface area contributed by atoms with Gasteiger partial charge in [0.2, 0.25) is 0 Å². The number of aromatic hydroxyl groups is 1. The molecule has 4 N–H and O–H groups in total. The lowest BCUT2D eigenvalue weighted by Gasteiger charge is -2.09. The molecule has 174 valence electrons. The topological polar surface area (TPSA) is 107 Å². The zero-order chi connectivity index (χ0) is 23.9. The molecule has 2 aromatic carbocycles. The number of carbonyl (C=O) groups is 2. The molecule has 0 atom stereocenters. The highest BCUT2D eigenvalue weighted by Gasteiger charge is 2.23. The van der Waals surface area contributed by atoms with Crippen molar-refractivity contribution in [1.29, 1.82) is 0 Å². The van der Waals surface area contributed by atoms with E-state index in [4.69, 9.17) is 0 Å². The molecule has 0 aliphatic heterocycles. The van der Waals surface area contributed by atoms with Gasteiger partial charge >= 0.3 is 0 Å². The molecule has 0 unspecified atom stereocenters. The summed E-state index contributed by atoms with van der Waals surface area (Å²) in [5.41, 5.74) is 3.42. The fraction of sp³-hybridized carbons (Fsp3) is 0.148. The summed E-state index contributed by atoms with van der Waals surface area (Å²) in [5.74, 6) is -0.199. The third-order valence-electron chi connectivity index (χ3n) is 6.24. The number of benzene rings is 2. The molecule has 0 saturated heterocycles. The Bertz CT molecular complexity index is 1600. The minimum absolute atomic E-state index is 0.115. The molecule has 1 saturated carbocycles. The number of phenolic OH excluding ortho intramolecular Hbond substituents is 1. The first-order valence-electron chi connectivity index (χ1n) is 11.4. The van der Waals surface area contributed by atoms with Crippen LogP contribution >= 0.6 is 11.3 Å². The summed E-state index contributed by atoms with van der Waals surface area (Å²) in [5, 5.41) is 17.9. The van der Waals surface area contributed by atoms with Gasteiger partial charge in [0, 0.05) is 45.7 Å². The van der Waals surface area contributed by atoms with E-state index in [0.29, 0.717) is 23.0 Å². The van der Waals surface area contributed by atoms with Crippen molar-refractivity contribution in [2.75, 3.05) is 11.9 Å². The van der Waals surface area contributed by atoms with Gasteiger partial charge in [-0.15, -0.1) is 11.3 Å². The minimum atomic E-state index is -0.343. The average molecular weight is 483 g/mol. The SMILES string of the molecule is O=C(Nc1ccc(O)c(C(=O)NCC2CC2)c1)c1cc2c(-c3cnc4[nH]ccc4c3)cccc2s1. The number of H-pyrrole nitrogens is 1. The number of hydrogen-bond acceptors (Lipinski definition) is 5. The van der Waals surface area contributed by atoms with Crippen LogP contribution in [0, 0.1) is 5.92 Å². The summed E-state index contributed by atoms with van der Waals surface area (Å²) in [6.45, 7) is 0.603. The number of aromatic amines is 1. The van der Waals surface area contributed by atoms with Gasteiger partial charge in [0.25, 0.3) is 11.8 Å². The molecule has 0 radical (unpaired) electrons. The van der Waals surface area contributed by atoms with E-state index in [1.807, 2.05) is 42.7 Å². The Labute approximate surface area is 204 Å². The molecule has 3 heterocycles. The molecule has 1 aliphatic rings. The van der Waals surface area contributed by atoms with Crippen molar-refractivity contribution in [2.45, 2.75) is 12.8 Å². The first-order chi connectivity index (χ1) is 17.0. The third kappa shape index (κ3) is 4.24. The summed E-state index contributed by atoms with van der Waals surface area (Å²) in [7, 11) is 0. The maximum atomic E-state index is 13.1. The first-order valence-corrected chi connectivity index (χ1v) is 12.3. The van der Waals surface area contributed by atoms with Crippen molar-refractivity contribution in [3.8, 4) is 16.9 Å². The van der Waals surface area contributed by atoms with Crippen molar-refractivity contribution in [2.24, 2.45) is 5.92 Å². The number of nitrogens with one attached hydrogen (secondary N) is 3. The van der Waals surface area contributed by atoms with Crippen LogP contribution in [-0.2, 0) is 0 Å². The zero-order valence-electron chi connectivity index (χ0n) is 18.7. The summed E-state index contributed by atoms with van der Waals surface area (Å²) in [4.78, 5) is 33.7. The van der Waals surface area contributed by atoms with Crippen LogP contribution in [0.5, 0.6) is 5.75 Å². The third-order valence-corrected chi connectivity index (χ3v) is 7.34. The standard InChI is InChI=1S/C27H22N4O3S/c32-22-7-6-18(11-21(22)26(33)30-13-15-4-5-15)31-27(34)24-12-20-19(2-1-3-23(20)35-24)17-10-16-8-9-28-25(16)29-14-17/h1-3,6-12,14-15,32H,4-5,13H2,(H,28,29)(H,30,33)(H,31,34). The maximum absolute atomic E-state index is 13.1. The van der Waals surface area contributed by atoms with E-state index >= 15 is 0 Å². The van der Waals surface area contributed by atoms with Crippen LogP contribution in [0.2, 0.25) is 0 Å². The van der Waals surface area contributed by atoms with Crippen LogP contribution in [-0.4, -0.2) is 33.4 Å². The van der Waals surface area contributed by atoms with Gasteiger partial charge in [-0.3, -0.25) is 9.59 Å². The summed E-state index contributed by atoms with van der Waals surface area (Å²) < 4.78 is 0.993. The minimum Gasteiger partial charge on any atom is -0.507 e. The van der Waals surface area contributed by atoms with E-state index < -0.39 is 0 Å². The molecule has 2 amide bonds. The fourth-order valence-corrected chi connectivity index (χ4v) is 5.14. The van der Waals surface area contributed by atoms with E-state index in [9.17, 15) is 14.7 Å². The molecular weight excluding hydrogens is 460 g/mol. The molecule has 0 bridgehead atoms. The highest BCUT2D eigenvalue weighted by Crippen LogP contribution is 2.35. The quantitative estimate of drug-likeness (QED) is 0.238. The highest BCUT2D eigenvalue weighted by molar-refractivity contribution is 7.21. The molecule has 1 fully saturated rings. The van der Waals surface area contributed by atoms with Crippen molar-refractivity contribution < 1.29 is 14.7 Å². The van der Waals surface area contributed by atoms with Gasteiger partial charge in [0.15, 0.2) is 0 Å². The molecule has 5 aromatic rings. The highest BCUT2D eigenvalue weighted by atomic mass is 32.1. The maximum Gasteiger partial charge on any atom is 0.265 e. The number of nitrogens with zero attached hydrogens (tertiary/aromatic N) is 1. The molecule has 8 heteroatoms. The van der Waals surface area contributed by atoms with Crippen LogP contribution in [0.1, 0.15) is 32.9 Å². The average Bonchev–Trinajstić information content (AvgIpc) is 3.39. The Kier molecular flexibility index (Phi) is 5.22. The van der Waals surface area contributed by atoms with E-state index in [1.165, 1.54) is 23.5 Å². The van der Waals surface area contributed by atoms with Crippen LogP contribution < -0.4 is 10.6 Å². The number of aromatic nitrogens is 2. The number of carbonyl (C=O) groups excluding carboxylic acids is 2. The number of fused-ring (bicyclic) bond motifs is 2. The molecule has 3 aromatic heterocycles. The van der Waals surface area contributed by atoms with Gasteiger partial charge in [-0.05, 0) is 66.8 Å². The van der Waals surface area contributed by atoms with Crippen molar-refractivity contribution in [1.82, 2.24) is 15.3 Å². The first kappa shape index (κ1) is 21.4. The number of anilines is 1. The predicted octanol–water partition coefficient (Wildman–Crippen LogP) is 5.54. The van der Waals surface area contributed by atoms with Crippen molar-refractivity contribution >= 4 is 50.0 Å². The van der Waals surface area contributed by atoms with E-state index in [0.717, 1.165) is 45.1 Å². The second-order valence-electron chi connectivity index (χ2n) is 8.81. The Morgan fingerprint density at radius 1 is 1.09 bits per heavy atom. The lowest BCUT2D eigenvalue weighted by molar-refractivity contribution is 0.0947.